The summed E-state index contributed by atoms with van der Waals surface area (Å²) in [6.45, 7) is 1.90. The van der Waals surface area contributed by atoms with Gasteiger partial charge < -0.3 is 9.80 Å². The number of carbonyl (C=O) groups excluding carboxylic acids is 2. The summed E-state index contributed by atoms with van der Waals surface area (Å²) in [5.41, 5.74) is 1.35. The van der Waals surface area contributed by atoms with Crippen LogP contribution in [0.3, 0.4) is 0 Å². The molecule has 30 heavy (non-hydrogen) atoms. The van der Waals surface area contributed by atoms with E-state index in [4.69, 9.17) is 0 Å². The van der Waals surface area contributed by atoms with Crippen LogP contribution in [0, 0.1) is 0 Å². The summed E-state index contributed by atoms with van der Waals surface area (Å²) in [4.78, 5) is 29.6. The molecule has 0 unspecified atom stereocenters. The van der Waals surface area contributed by atoms with E-state index in [0.29, 0.717) is 17.3 Å². The zero-order valence-electron chi connectivity index (χ0n) is 17.8. The summed E-state index contributed by atoms with van der Waals surface area (Å²) in [5.74, 6) is -0.894. The van der Waals surface area contributed by atoms with Gasteiger partial charge in [-0.05, 0) is 49.4 Å². The van der Waals surface area contributed by atoms with E-state index in [2.05, 4.69) is 4.90 Å². The van der Waals surface area contributed by atoms with Crippen LogP contribution in [0.25, 0.3) is 0 Å². The largest absolute Gasteiger partial charge is 0.302 e. The first-order valence-electron chi connectivity index (χ1n) is 11.3. The van der Waals surface area contributed by atoms with Crippen LogP contribution in [0.2, 0.25) is 0 Å². The summed E-state index contributed by atoms with van der Waals surface area (Å²) in [6, 6.07) is 5.46. The normalized spacial score (nSPS) is 23.2. The molecule has 2 fully saturated rings. The Morgan fingerprint density at radius 2 is 1.50 bits per heavy atom. The Kier molecular flexibility index (Phi) is 6.30. The van der Waals surface area contributed by atoms with Crippen LogP contribution in [-0.4, -0.2) is 56.4 Å². The second kappa shape index (κ2) is 8.79. The van der Waals surface area contributed by atoms with E-state index >= 15 is 0 Å². The Labute approximate surface area is 179 Å². The Hall–Kier alpha value is -1.73. The van der Waals surface area contributed by atoms with Gasteiger partial charge in [0.2, 0.25) is 5.78 Å². The summed E-state index contributed by atoms with van der Waals surface area (Å²) in [5, 5.41) is 0. The van der Waals surface area contributed by atoms with Gasteiger partial charge >= 0.3 is 0 Å². The smallest absolute Gasteiger partial charge is 0.294 e. The average molecular weight is 433 g/mol. The van der Waals surface area contributed by atoms with E-state index in [1.165, 1.54) is 44.9 Å². The Bertz CT molecular complexity index is 911. The van der Waals surface area contributed by atoms with Gasteiger partial charge in [-0.3, -0.25) is 9.59 Å². The third-order valence-electron chi connectivity index (χ3n) is 7.00. The SMILES string of the molecule is CS(=O)(=O)c1ccc2c(c1)CC(=O)C(=O)N2C1CCN(C2CCCCCCC2)CC1. The maximum absolute atomic E-state index is 12.8. The number of Topliss-reactive ketones (excluding diaryl/α,β-unsaturated/α-hetero) is 1. The minimum atomic E-state index is -3.36. The van der Waals surface area contributed by atoms with Crippen molar-refractivity contribution in [2.24, 2.45) is 0 Å². The second-order valence-electron chi connectivity index (χ2n) is 9.10. The van der Waals surface area contributed by atoms with Crippen LogP contribution in [0.5, 0.6) is 0 Å². The number of nitrogens with zero attached hydrogens (tertiary/aromatic N) is 2. The number of rotatable bonds is 3. The molecular weight excluding hydrogens is 400 g/mol. The Morgan fingerprint density at radius 3 is 2.13 bits per heavy atom. The van der Waals surface area contributed by atoms with Gasteiger partial charge in [-0.1, -0.05) is 32.1 Å². The van der Waals surface area contributed by atoms with Crippen molar-refractivity contribution in [3.63, 3.8) is 0 Å². The monoisotopic (exact) mass is 432 g/mol. The first kappa shape index (κ1) is 21.5. The molecule has 1 saturated carbocycles. The zero-order chi connectivity index (χ0) is 21.3. The minimum absolute atomic E-state index is 0.00519. The fraction of sp³-hybridized carbons (Fsp3) is 0.652. The second-order valence-corrected chi connectivity index (χ2v) is 11.1. The van der Waals surface area contributed by atoms with Gasteiger partial charge in [-0.15, -0.1) is 0 Å². The Balaban J connectivity index is 1.50. The molecule has 0 aromatic heterocycles. The number of hydrogen-bond donors (Lipinski definition) is 0. The molecule has 1 saturated heterocycles. The molecule has 1 amide bonds. The molecule has 0 N–H and O–H groups in total. The lowest BCUT2D eigenvalue weighted by Crippen LogP contribution is -2.53. The van der Waals surface area contributed by atoms with Gasteiger partial charge in [0, 0.05) is 43.5 Å². The van der Waals surface area contributed by atoms with Gasteiger partial charge in [0.1, 0.15) is 0 Å². The molecule has 2 aliphatic heterocycles. The molecule has 0 atom stereocenters. The highest BCUT2D eigenvalue weighted by Crippen LogP contribution is 2.34. The van der Waals surface area contributed by atoms with Crippen LogP contribution in [0.1, 0.15) is 63.4 Å². The number of likely N-dealkylation sites (tertiary alicyclic amines) is 1. The molecule has 1 aromatic rings. The summed E-state index contributed by atoms with van der Waals surface area (Å²) in [6.07, 6.45) is 12.0. The fourth-order valence-corrected chi connectivity index (χ4v) is 6.00. The first-order valence-corrected chi connectivity index (χ1v) is 13.2. The number of amides is 1. The van der Waals surface area contributed by atoms with E-state index in [1.54, 1.807) is 23.1 Å². The van der Waals surface area contributed by atoms with Crippen LogP contribution >= 0.6 is 0 Å². The van der Waals surface area contributed by atoms with Crippen molar-refractivity contribution in [3.05, 3.63) is 23.8 Å². The van der Waals surface area contributed by atoms with Gasteiger partial charge in [0.25, 0.3) is 5.91 Å². The van der Waals surface area contributed by atoms with Crippen LogP contribution in [-0.2, 0) is 25.8 Å². The van der Waals surface area contributed by atoms with Crippen molar-refractivity contribution in [2.75, 3.05) is 24.2 Å². The predicted molar refractivity (Wildman–Crippen MR) is 116 cm³/mol. The Morgan fingerprint density at radius 1 is 0.867 bits per heavy atom. The van der Waals surface area contributed by atoms with Crippen molar-refractivity contribution in [1.82, 2.24) is 4.90 Å². The highest BCUT2D eigenvalue weighted by molar-refractivity contribution is 7.90. The molecule has 0 spiro atoms. The molecule has 7 heteroatoms. The van der Waals surface area contributed by atoms with E-state index in [0.717, 1.165) is 32.2 Å². The van der Waals surface area contributed by atoms with Crippen molar-refractivity contribution in [1.29, 1.82) is 0 Å². The number of ketones is 1. The number of hydrogen-bond acceptors (Lipinski definition) is 5. The molecule has 6 nitrogen and oxygen atoms in total. The number of carbonyl (C=O) groups is 2. The molecule has 164 valence electrons. The number of fused-ring (bicyclic) bond motifs is 1. The first-order chi connectivity index (χ1) is 14.3. The molecule has 1 aromatic carbocycles. The maximum Gasteiger partial charge on any atom is 0.294 e. The molecule has 1 aliphatic carbocycles. The topological polar surface area (TPSA) is 74.8 Å². The number of piperidine rings is 1. The van der Waals surface area contributed by atoms with Gasteiger partial charge in [0.05, 0.1) is 4.90 Å². The van der Waals surface area contributed by atoms with E-state index in [9.17, 15) is 18.0 Å². The summed E-state index contributed by atoms with van der Waals surface area (Å²) >= 11 is 0. The zero-order valence-corrected chi connectivity index (χ0v) is 18.6. The number of benzene rings is 1. The quantitative estimate of drug-likeness (QED) is 0.686. The third kappa shape index (κ3) is 4.47. The van der Waals surface area contributed by atoms with Crippen LogP contribution in [0.4, 0.5) is 5.69 Å². The fourth-order valence-electron chi connectivity index (χ4n) is 5.33. The highest BCUT2D eigenvalue weighted by atomic mass is 32.2. The predicted octanol–water partition coefficient (Wildman–Crippen LogP) is 3.13. The van der Waals surface area contributed by atoms with E-state index < -0.39 is 21.5 Å². The van der Waals surface area contributed by atoms with Crippen LogP contribution in [0.15, 0.2) is 23.1 Å². The van der Waals surface area contributed by atoms with E-state index in [1.807, 2.05) is 0 Å². The summed E-state index contributed by atoms with van der Waals surface area (Å²) in [7, 11) is -3.36. The summed E-state index contributed by atoms with van der Waals surface area (Å²) < 4.78 is 23.8. The molecule has 2 heterocycles. The standard InChI is InChI=1S/C23H32N2O4S/c1-30(28,29)20-9-10-21-17(15-20)16-22(26)23(27)25(21)19-11-13-24(14-12-19)18-7-5-3-2-4-6-8-18/h9-10,15,18-19H,2-8,11-14,16H2,1H3. The molecule has 0 bridgehead atoms. The van der Waals surface area contributed by atoms with Crippen LogP contribution < -0.4 is 4.90 Å². The molecule has 4 rings (SSSR count). The molecule has 0 radical (unpaired) electrons. The van der Waals surface area contributed by atoms with Gasteiger partial charge in [-0.2, -0.15) is 0 Å². The molecular formula is C23H32N2O4S. The van der Waals surface area contributed by atoms with Gasteiger partial charge in [0.15, 0.2) is 9.84 Å². The number of anilines is 1. The van der Waals surface area contributed by atoms with E-state index in [-0.39, 0.29) is 17.4 Å². The highest BCUT2D eigenvalue weighted by Gasteiger charge is 2.38. The minimum Gasteiger partial charge on any atom is -0.302 e. The molecule has 3 aliphatic rings. The lowest BCUT2D eigenvalue weighted by atomic mass is 9.91. The maximum atomic E-state index is 12.8. The lowest BCUT2D eigenvalue weighted by molar-refractivity contribution is -0.136. The van der Waals surface area contributed by atoms with Gasteiger partial charge in [-0.25, -0.2) is 8.42 Å². The van der Waals surface area contributed by atoms with Crippen molar-refractivity contribution < 1.29 is 18.0 Å². The third-order valence-corrected chi connectivity index (χ3v) is 8.11. The average Bonchev–Trinajstić information content (AvgIpc) is 2.68. The van der Waals surface area contributed by atoms with Crippen molar-refractivity contribution >= 4 is 27.2 Å². The van der Waals surface area contributed by atoms with Crippen molar-refractivity contribution in [3.8, 4) is 0 Å². The lowest BCUT2D eigenvalue weighted by Gasteiger charge is -2.43. The van der Waals surface area contributed by atoms with Crippen molar-refractivity contribution in [2.45, 2.75) is 81.2 Å². The number of sulfone groups is 1.